The fourth-order valence-electron chi connectivity index (χ4n) is 2.74. The van der Waals surface area contributed by atoms with Crippen molar-refractivity contribution in [2.75, 3.05) is 0 Å². The summed E-state index contributed by atoms with van der Waals surface area (Å²) in [5.41, 5.74) is 1.03. The number of nitrogens with one attached hydrogen (secondary N) is 1. The summed E-state index contributed by atoms with van der Waals surface area (Å²) >= 11 is 1.35. The molecular formula is C17H18N2O3S. The fraction of sp³-hybridized carbons (Fsp3) is 0.353. The van der Waals surface area contributed by atoms with E-state index >= 15 is 0 Å². The van der Waals surface area contributed by atoms with E-state index in [0.717, 1.165) is 18.4 Å². The molecular weight excluding hydrogens is 312 g/mol. The van der Waals surface area contributed by atoms with Crippen LogP contribution in [0.4, 0.5) is 0 Å². The van der Waals surface area contributed by atoms with Crippen LogP contribution in [-0.2, 0) is 4.79 Å². The van der Waals surface area contributed by atoms with Gasteiger partial charge in [0, 0.05) is 0 Å². The lowest BCUT2D eigenvalue weighted by atomic mass is 9.96. The van der Waals surface area contributed by atoms with Crippen molar-refractivity contribution in [1.82, 2.24) is 5.32 Å². The molecule has 23 heavy (non-hydrogen) atoms. The maximum atomic E-state index is 12.0. The highest BCUT2D eigenvalue weighted by molar-refractivity contribution is 8.18. The Balaban J connectivity index is 1.71. The van der Waals surface area contributed by atoms with Crippen LogP contribution in [0.2, 0.25) is 0 Å². The molecule has 120 valence electrons. The quantitative estimate of drug-likeness (QED) is 0.834. The van der Waals surface area contributed by atoms with E-state index in [4.69, 9.17) is 5.11 Å². The minimum absolute atomic E-state index is 0.146. The Morgan fingerprint density at radius 3 is 2.57 bits per heavy atom. The number of carbonyl (C=O) groups is 2. The van der Waals surface area contributed by atoms with Crippen molar-refractivity contribution in [3.05, 3.63) is 40.3 Å². The van der Waals surface area contributed by atoms with E-state index in [1.807, 2.05) is 0 Å². The van der Waals surface area contributed by atoms with Crippen LogP contribution < -0.4 is 5.32 Å². The molecule has 3 rings (SSSR count). The molecule has 2 N–H and O–H groups in total. The molecule has 1 saturated heterocycles. The molecule has 0 aromatic heterocycles. The Morgan fingerprint density at radius 2 is 1.91 bits per heavy atom. The van der Waals surface area contributed by atoms with Gasteiger partial charge in [0.2, 0.25) is 0 Å². The Bertz CT molecular complexity index is 674. The predicted octanol–water partition coefficient (Wildman–Crippen LogP) is 3.28. The van der Waals surface area contributed by atoms with Crippen LogP contribution in [0.15, 0.2) is 34.2 Å². The number of hydrogen-bond donors (Lipinski definition) is 2. The van der Waals surface area contributed by atoms with Gasteiger partial charge < -0.3 is 10.4 Å². The molecule has 0 spiro atoms. The second kappa shape index (κ2) is 7.00. The van der Waals surface area contributed by atoms with Gasteiger partial charge in [-0.15, -0.1) is 0 Å². The number of carbonyl (C=O) groups excluding carboxylic acids is 1. The number of rotatable bonds is 3. The molecule has 0 radical (unpaired) electrons. The Morgan fingerprint density at radius 1 is 1.22 bits per heavy atom. The zero-order valence-electron chi connectivity index (χ0n) is 12.6. The van der Waals surface area contributed by atoms with E-state index < -0.39 is 5.97 Å². The van der Waals surface area contributed by atoms with E-state index in [1.165, 1.54) is 43.2 Å². The standard InChI is InChI=1S/C17H18N2O3S/c20-15-14(10-11-6-8-12(9-7-11)16(21)22)23-17(19-15)18-13-4-2-1-3-5-13/h6-10,13H,1-5H2,(H,21,22)(H,18,19,20)/b14-10+. The Labute approximate surface area is 138 Å². The van der Waals surface area contributed by atoms with Crippen LogP contribution in [0.25, 0.3) is 6.08 Å². The minimum Gasteiger partial charge on any atom is -0.478 e. The molecule has 1 aromatic rings. The molecule has 1 heterocycles. The second-order valence-corrected chi connectivity index (χ2v) is 6.75. The van der Waals surface area contributed by atoms with Gasteiger partial charge in [-0.25, -0.2) is 4.79 Å². The van der Waals surface area contributed by atoms with Gasteiger partial charge in [-0.05, 0) is 48.4 Å². The van der Waals surface area contributed by atoms with Gasteiger partial charge in [-0.1, -0.05) is 31.4 Å². The number of thioether (sulfide) groups is 1. The van der Waals surface area contributed by atoms with Gasteiger partial charge in [0.05, 0.1) is 16.5 Å². The summed E-state index contributed by atoms with van der Waals surface area (Å²) in [5, 5.41) is 12.4. The van der Waals surface area contributed by atoms with Crippen LogP contribution in [0.3, 0.4) is 0 Å². The van der Waals surface area contributed by atoms with Crippen LogP contribution in [0.5, 0.6) is 0 Å². The first-order valence-electron chi connectivity index (χ1n) is 7.74. The van der Waals surface area contributed by atoms with Gasteiger partial charge in [0.15, 0.2) is 5.17 Å². The molecule has 1 aliphatic heterocycles. The molecule has 1 aromatic carbocycles. The number of benzene rings is 1. The smallest absolute Gasteiger partial charge is 0.335 e. The van der Waals surface area contributed by atoms with Crippen molar-refractivity contribution >= 4 is 34.9 Å². The number of carboxylic acids is 1. The van der Waals surface area contributed by atoms with Gasteiger partial charge >= 0.3 is 5.97 Å². The number of amidine groups is 1. The largest absolute Gasteiger partial charge is 0.478 e. The first kappa shape index (κ1) is 15.8. The molecule has 1 saturated carbocycles. The van der Waals surface area contributed by atoms with Gasteiger partial charge in [-0.3, -0.25) is 9.79 Å². The summed E-state index contributed by atoms with van der Waals surface area (Å²) in [7, 11) is 0. The number of aliphatic imine (C=N–C) groups is 1. The van der Waals surface area contributed by atoms with Gasteiger partial charge in [0.25, 0.3) is 5.91 Å². The summed E-state index contributed by atoms with van der Waals surface area (Å²) in [6, 6.07) is 6.77. The molecule has 1 amide bonds. The van der Waals surface area contributed by atoms with Crippen molar-refractivity contribution in [3.8, 4) is 0 Å². The number of amides is 1. The number of hydrogen-bond acceptors (Lipinski definition) is 4. The first-order chi connectivity index (χ1) is 11.1. The first-order valence-corrected chi connectivity index (χ1v) is 8.55. The van der Waals surface area contributed by atoms with Crippen LogP contribution >= 0.6 is 11.8 Å². The van der Waals surface area contributed by atoms with Crippen molar-refractivity contribution in [1.29, 1.82) is 0 Å². The summed E-state index contributed by atoms with van der Waals surface area (Å²) in [6.45, 7) is 0. The van der Waals surface area contributed by atoms with Crippen LogP contribution in [-0.4, -0.2) is 28.2 Å². The van der Waals surface area contributed by atoms with Crippen molar-refractivity contribution in [2.24, 2.45) is 4.99 Å². The fourth-order valence-corrected chi connectivity index (χ4v) is 3.63. The zero-order valence-corrected chi connectivity index (χ0v) is 13.4. The Hall–Kier alpha value is -2.08. The van der Waals surface area contributed by atoms with Crippen molar-refractivity contribution < 1.29 is 14.7 Å². The highest BCUT2D eigenvalue weighted by Gasteiger charge is 2.25. The normalized spacial score (nSPS) is 22.5. The van der Waals surface area contributed by atoms with Crippen LogP contribution in [0.1, 0.15) is 48.0 Å². The van der Waals surface area contributed by atoms with Gasteiger partial charge in [0.1, 0.15) is 0 Å². The van der Waals surface area contributed by atoms with Gasteiger partial charge in [-0.2, -0.15) is 0 Å². The maximum Gasteiger partial charge on any atom is 0.335 e. The van der Waals surface area contributed by atoms with E-state index in [9.17, 15) is 9.59 Å². The molecule has 5 nitrogen and oxygen atoms in total. The molecule has 2 fully saturated rings. The molecule has 6 heteroatoms. The molecule has 0 atom stereocenters. The zero-order chi connectivity index (χ0) is 16.2. The maximum absolute atomic E-state index is 12.0. The molecule has 2 aliphatic rings. The van der Waals surface area contributed by atoms with E-state index in [0.29, 0.717) is 16.1 Å². The molecule has 0 unspecified atom stereocenters. The lowest BCUT2D eigenvalue weighted by molar-refractivity contribution is -0.115. The summed E-state index contributed by atoms with van der Waals surface area (Å²) in [4.78, 5) is 28.1. The highest BCUT2D eigenvalue weighted by Crippen LogP contribution is 2.28. The molecule has 0 bridgehead atoms. The van der Waals surface area contributed by atoms with E-state index in [1.54, 1.807) is 18.2 Å². The predicted molar refractivity (Wildman–Crippen MR) is 91.4 cm³/mol. The lowest BCUT2D eigenvalue weighted by Crippen LogP contribution is -2.22. The average Bonchev–Trinajstić information content (AvgIpc) is 2.88. The topological polar surface area (TPSA) is 78.8 Å². The summed E-state index contributed by atoms with van der Waals surface area (Å²) < 4.78 is 0. The van der Waals surface area contributed by atoms with Crippen LogP contribution in [0, 0.1) is 0 Å². The Kier molecular flexibility index (Phi) is 4.81. The molecule has 1 aliphatic carbocycles. The monoisotopic (exact) mass is 330 g/mol. The second-order valence-electron chi connectivity index (χ2n) is 5.72. The lowest BCUT2D eigenvalue weighted by Gasteiger charge is -2.17. The SMILES string of the molecule is O=C1NC(=NC2CCCCC2)S/C1=C/c1ccc(C(=O)O)cc1. The van der Waals surface area contributed by atoms with Crippen molar-refractivity contribution in [2.45, 2.75) is 38.1 Å². The van der Waals surface area contributed by atoms with E-state index in [-0.39, 0.29) is 11.5 Å². The van der Waals surface area contributed by atoms with Crippen molar-refractivity contribution in [3.63, 3.8) is 0 Å². The third-order valence-electron chi connectivity index (χ3n) is 3.98. The van der Waals surface area contributed by atoms with E-state index in [2.05, 4.69) is 10.3 Å². The number of aromatic carboxylic acids is 1. The minimum atomic E-state index is -0.959. The summed E-state index contributed by atoms with van der Waals surface area (Å²) in [6.07, 6.45) is 7.63. The number of nitrogens with zero attached hydrogens (tertiary/aromatic N) is 1. The third kappa shape index (κ3) is 4.01. The number of carboxylic acid groups (broad SMARTS) is 1. The third-order valence-corrected chi connectivity index (χ3v) is 4.90. The average molecular weight is 330 g/mol. The summed E-state index contributed by atoms with van der Waals surface area (Å²) in [5.74, 6) is -1.11. The highest BCUT2D eigenvalue weighted by atomic mass is 32.2.